The number of aryl methyl sites for hydroxylation is 1. The quantitative estimate of drug-likeness (QED) is 0.493. The molecular weight excluding hydrogens is 392 g/mol. The molecule has 6 heteroatoms. The fraction of sp³-hybridized carbons (Fsp3) is 0.360. The molecule has 0 saturated heterocycles. The fourth-order valence-corrected chi connectivity index (χ4v) is 3.61. The Kier molecular flexibility index (Phi) is 6.37. The highest BCUT2D eigenvalue weighted by atomic mass is 16.5. The molecule has 1 aromatic heterocycles. The minimum absolute atomic E-state index is 0.0152. The van der Waals surface area contributed by atoms with Crippen molar-refractivity contribution < 1.29 is 13.9 Å². The highest BCUT2D eigenvalue weighted by Crippen LogP contribution is 2.29. The minimum Gasteiger partial charge on any atom is -0.493 e. The van der Waals surface area contributed by atoms with Crippen molar-refractivity contribution in [1.29, 1.82) is 0 Å². The third kappa shape index (κ3) is 4.97. The second-order valence-corrected chi connectivity index (χ2v) is 7.90. The molecule has 0 radical (unpaired) electrons. The van der Waals surface area contributed by atoms with Crippen LogP contribution in [-0.2, 0) is 13.0 Å². The van der Waals surface area contributed by atoms with Gasteiger partial charge in [-0.25, -0.2) is 4.79 Å². The molecule has 31 heavy (non-hydrogen) atoms. The van der Waals surface area contributed by atoms with Gasteiger partial charge in [0.2, 0.25) is 0 Å². The third-order valence-corrected chi connectivity index (χ3v) is 5.39. The van der Waals surface area contributed by atoms with Gasteiger partial charge in [-0.3, -0.25) is 4.79 Å². The molecule has 0 spiro atoms. The van der Waals surface area contributed by atoms with Crippen LogP contribution in [-0.4, -0.2) is 18.6 Å². The van der Waals surface area contributed by atoms with Crippen LogP contribution in [0.4, 0.5) is 5.69 Å². The molecule has 0 atom stereocenters. The predicted molar refractivity (Wildman–Crippen MR) is 122 cm³/mol. The number of carbonyl (C=O) groups is 1. The maximum absolute atomic E-state index is 12.8. The molecular formula is C25H28N2O4. The smallest absolute Gasteiger partial charge is 0.349 e. The van der Waals surface area contributed by atoms with E-state index in [9.17, 15) is 9.59 Å². The summed E-state index contributed by atoms with van der Waals surface area (Å²) in [6.45, 7) is 5.32. The summed E-state index contributed by atoms with van der Waals surface area (Å²) in [5.74, 6) is 0.235. The lowest BCUT2D eigenvalue weighted by Gasteiger charge is -2.12. The largest absolute Gasteiger partial charge is 0.493 e. The number of hydrogen-bond donors (Lipinski definition) is 2. The van der Waals surface area contributed by atoms with Crippen molar-refractivity contribution in [3.63, 3.8) is 0 Å². The number of ether oxygens (including phenoxy) is 1. The van der Waals surface area contributed by atoms with Crippen molar-refractivity contribution in [2.24, 2.45) is 0 Å². The van der Waals surface area contributed by atoms with Gasteiger partial charge in [0, 0.05) is 29.2 Å². The van der Waals surface area contributed by atoms with E-state index in [1.807, 2.05) is 43.3 Å². The SMILES string of the molecule is CCCc1c(OCC)ccc2cc(C(=O)Nc3ccc(CNC4CC4)cc3)c(=O)oc12. The van der Waals surface area contributed by atoms with Crippen LogP contribution in [0.1, 0.15) is 54.6 Å². The molecule has 1 aliphatic rings. The number of carbonyl (C=O) groups excluding carboxylic acids is 1. The predicted octanol–water partition coefficient (Wildman–Crippen LogP) is 4.65. The number of nitrogens with one attached hydrogen (secondary N) is 2. The van der Waals surface area contributed by atoms with E-state index in [0.29, 0.717) is 35.1 Å². The van der Waals surface area contributed by atoms with Crippen LogP contribution >= 0.6 is 0 Å². The van der Waals surface area contributed by atoms with Gasteiger partial charge < -0.3 is 19.8 Å². The topological polar surface area (TPSA) is 80.6 Å². The number of amides is 1. The van der Waals surface area contributed by atoms with Gasteiger partial charge >= 0.3 is 5.63 Å². The standard InChI is InChI=1S/C25H28N2O4/c1-3-5-20-22(30-4-2)13-8-17-14-21(25(29)31-23(17)20)24(28)27-19-9-6-16(7-10-19)15-26-18-11-12-18/h6-10,13-14,18,26H,3-5,11-12,15H2,1-2H3,(H,27,28). The summed E-state index contributed by atoms with van der Waals surface area (Å²) in [5.41, 5.74) is 2.48. The van der Waals surface area contributed by atoms with E-state index >= 15 is 0 Å². The van der Waals surface area contributed by atoms with E-state index in [1.165, 1.54) is 12.8 Å². The first-order valence-electron chi connectivity index (χ1n) is 10.9. The Bertz CT molecular complexity index is 1130. The van der Waals surface area contributed by atoms with Gasteiger partial charge in [-0.1, -0.05) is 25.5 Å². The van der Waals surface area contributed by atoms with E-state index in [0.717, 1.165) is 30.5 Å². The Morgan fingerprint density at radius 1 is 1.13 bits per heavy atom. The van der Waals surface area contributed by atoms with Gasteiger partial charge in [-0.05, 0) is 62.1 Å². The second kappa shape index (κ2) is 9.35. The monoisotopic (exact) mass is 420 g/mol. The zero-order valence-electron chi connectivity index (χ0n) is 18.0. The summed E-state index contributed by atoms with van der Waals surface area (Å²) < 4.78 is 11.3. The van der Waals surface area contributed by atoms with Gasteiger partial charge in [0.15, 0.2) is 0 Å². The highest BCUT2D eigenvalue weighted by Gasteiger charge is 2.20. The molecule has 162 valence electrons. The second-order valence-electron chi connectivity index (χ2n) is 7.90. The molecule has 3 aromatic rings. The Morgan fingerprint density at radius 3 is 2.58 bits per heavy atom. The van der Waals surface area contributed by atoms with Gasteiger partial charge in [0.25, 0.3) is 5.91 Å². The number of rotatable bonds is 9. The Morgan fingerprint density at radius 2 is 1.90 bits per heavy atom. The maximum atomic E-state index is 12.8. The van der Waals surface area contributed by atoms with Crippen molar-refractivity contribution in [1.82, 2.24) is 5.32 Å². The summed E-state index contributed by atoms with van der Waals surface area (Å²) in [4.78, 5) is 25.4. The van der Waals surface area contributed by atoms with Crippen molar-refractivity contribution >= 4 is 22.6 Å². The molecule has 0 unspecified atom stereocenters. The summed E-state index contributed by atoms with van der Waals surface area (Å²) in [6.07, 6.45) is 4.10. The molecule has 4 rings (SSSR count). The van der Waals surface area contributed by atoms with Crippen LogP contribution in [0.5, 0.6) is 5.75 Å². The van der Waals surface area contributed by atoms with E-state index in [1.54, 1.807) is 6.07 Å². The van der Waals surface area contributed by atoms with Crippen LogP contribution in [0.15, 0.2) is 51.7 Å². The van der Waals surface area contributed by atoms with Crippen molar-refractivity contribution in [2.45, 2.75) is 52.1 Å². The van der Waals surface area contributed by atoms with Gasteiger partial charge in [-0.15, -0.1) is 0 Å². The average molecular weight is 421 g/mol. The van der Waals surface area contributed by atoms with Crippen LogP contribution < -0.4 is 21.0 Å². The molecule has 2 aromatic carbocycles. The van der Waals surface area contributed by atoms with E-state index in [-0.39, 0.29) is 5.56 Å². The molecule has 2 N–H and O–H groups in total. The molecule has 1 saturated carbocycles. The Hall–Kier alpha value is -3.12. The summed E-state index contributed by atoms with van der Waals surface area (Å²) >= 11 is 0. The van der Waals surface area contributed by atoms with Crippen molar-refractivity contribution in [3.8, 4) is 5.75 Å². The van der Waals surface area contributed by atoms with Crippen molar-refractivity contribution in [3.05, 3.63) is 69.6 Å². The normalized spacial score (nSPS) is 13.4. The zero-order chi connectivity index (χ0) is 21.8. The molecule has 1 fully saturated rings. The third-order valence-electron chi connectivity index (χ3n) is 5.39. The lowest BCUT2D eigenvalue weighted by molar-refractivity contribution is 0.102. The first-order chi connectivity index (χ1) is 15.1. The number of hydrogen-bond acceptors (Lipinski definition) is 5. The first kappa shape index (κ1) is 21.1. The van der Waals surface area contributed by atoms with E-state index < -0.39 is 11.5 Å². The zero-order valence-corrected chi connectivity index (χ0v) is 18.0. The van der Waals surface area contributed by atoms with Gasteiger partial charge in [0.1, 0.15) is 16.9 Å². The lowest BCUT2D eigenvalue weighted by atomic mass is 10.0. The fourth-order valence-electron chi connectivity index (χ4n) is 3.61. The Balaban J connectivity index is 1.55. The molecule has 1 amide bonds. The summed E-state index contributed by atoms with van der Waals surface area (Å²) in [6, 6.07) is 13.6. The summed E-state index contributed by atoms with van der Waals surface area (Å²) in [5, 5.41) is 6.96. The van der Waals surface area contributed by atoms with Gasteiger partial charge in [-0.2, -0.15) is 0 Å². The van der Waals surface area contributed by atoms with E-state index in [2.05, 4.69) is 17.6 Å². The van der Waals surface area contributed by atoms with Crippen LogP contribution in [0.3, 0.4) is 0 Å². The first-order valence-corrected chi connectivity index (χ1v) is 10.9. The number of benzene rings is 2. The maximum Gasteiger partial charge on any atom is 0.349 e. The number of anilines is 1. The lowest BCUT2D eigenvalue weighted by Crippen LogP contribution is -2.21. The van der Waals surface area contributed by atoms with Crippen LogP contribution in [0, 0.1) is 0 Å². The average Bonchev–Trinajstić information content (AvgIpc) is 3.59. The minimum atomic E-state index is -0.652. The molecule has 1 aliphatic carbocycles. The number of fused-ring (bicyclic) bond motifs is 1. The van der Waals surface area contributed by atoms with Gasteiger partial charge in [0.05, 0.1) is 6.61 Å². The summed E-state index contributed by atoms with van der Waals surface area (Å²) in [7, 11) is 0. The molecule has 6 nitrogen and oxygen atoms in total. The van der Waals surface area contributed by atoms with Crippen LogP contribution in [0.25, 0.3) is 11.0 Å². The molecule has 1 heterocycles. The Labute approximate surface area is 181 Å². The van der Waals surface area contributed by atoms with E-state index in [4.69, 9.17) is 9.15 Å². The van der Waals surface area contributed by atoms with Crippen molar-refractivity contribution in [2.75, 3.05) is 11.9 Å². The molecule has 0 aliphatic heterocycles. The molecule has 0 bridgehead atoms. The van der Waals surface area contributed by atoms with Crippen LogP contribution in [0.2, 0.25) is 0 Å². The highest BCUT2D eigenvalue weighted by molar-refractivity contribution is 6.05.